The van der Waals surface area contributed by atoms with E-state index in [1.54, 1.807) is 37.0 Å². The molecule has 0 aromatic heterocycles. The standard InChI is InChI=1S/C28H37ClN4O.H2IN/c1-7-20(8-2)18-22(9-3)32-19(4)26(30-5)27(31-6)28(34)33-23-16-14-21(15-17-23)24-12-10-11-13-25(24)29;1-2/h10-18,22,30-32H,4,7-9H2,1-3,5-6H3,(H,33,34);2H2/b27-26-;. The van der Waals surface area contributed by atoms with E-state index in [0.717, 1.165) is 30.4 Å². The molecule has 0 saturated heterocycles. The molecule has 0 bridgehead atoms. The van der Waals surface area contributed by atoms with Gasteiger partial charge in [0.2, 0.25) is 0 Å². The number of carbonyl (C=O) groups is 1. The van der Waals surface area contributed by atoms with Gasteiger partial charge >= 0.3 is 0 Å². The average Bonchev–Trinajstić information content (AvgIpc) is 2.91. The molecule has 0 aliphatic heterocycles. The van der Waals surface area contributed by atoms with Gasteiger partial charge < -0.3 is 21.3 Å². The van der Waals surface area contributed by atoms with E-state index in [0.29, 0.717) is 27.8 Å². The number of allylic oxidation sites excluding steroid dienone is 1. The summed E-state index contributed by atoms with van der Waals surface area (Å²) in [4.78, 5) is 13.1. The number of rotatable bonds is 12. The van der Waals surface area contributed by atoms with Crippen molar-refractivity contribution in [2.24, 2.45) is 3.95 Å². The van der Waals surface area contributed by atoms with Gasteiger partial charge in [0, 0.05) is 59.3 Å². The summed E-state index contributed by atoms with van der Waals surface area (Å²) in [6.07, 6.45) is 5.22. The fourth-order valence-corrected chi connectivity index (χ4v) is 3.97. The van der Waals surface area contributed by atoms with Gasteiger partial charge in [0.25, 0.3) is 5.91 Å². The number of likely N-dealkylation sites (N-methyl/N-ethyl adjacent to an activating group) is 2. The molecule has 0 saturated carbocycles. The zero-order valence-corrected chi connectivity index (χ0v) is 24.8. The smallest absolute Gasteiger partial charge is 0.273 e. The fraction of sp³-hybridized carbons (Fsp3) is 0.321. The van der Waals surface area contributed by atoms with Gasteiger partial charge in [-0.05, 0) is 43.0 Å². The Bertz CT molecular complexity index is 1040. The molecule has 2 rings (SSSR count). The van der Waals surface area contributed by atoms with E-state index >= 15 is 0 Å². The zero-order valence-electron chi connectivity index (χ0n) is 21.8. The lowest BCUT2D eigenvalue weighted by atomic mass is 10.1. The van der Waals surface area contributed by atoms with Gasteiger partial charge in [-0.3, -0.25) is 8.74 Å². The van der Waals surface area contributed by atoms with E-state index in [1.807, 2.05) is 48.5 Å². The van der Waals surface area contributed by atoms with Crippen LogP contribution in [-0.4, -0.2) is 26.0 Å². The molecule has 1 atom stereocenters. The van der Waals surface area contributed by atoms with Crippen LogP contribution in [0.1, 0.15) is 40.0 Å². The molecule has 2 aromatic carbocycles. The van der Waals surface area contributed by atoms with Crippen molar-refractivity contribution in [1.82, 2.24) is 16.0 Å². The van der Waals surface area contributed by atoms with Crippen molar-refractivity contribution in [3.8, 4) is 11.1 Å². The second-order valence-electron chi connectivity index (χ2n) is 7.93. The Kier molecular flexibility index (Phi) is 14.9. The molecule has 196 valence electrons. The number of benzene rings is 2. The van der Waals surface area contributed by atoms with Crippen LogP contribution in [0.5, 0.6) is 0 Å². The quantitative estimate of drug-likeness (QED) is 0.0611. The van der Waals surface area contributed by atoms with Gasteiger partial charge in [0.05, 0.1) is 11.4 Å². The number of hydrogen-bond acceptors (Lipinski definition) is 5. The highest BCUT2D eigenvalue weighted by Gasteiger charge is 2.18. The predicted octanol–water partition coefficient (Wildman–Crippen LogP) is 6.52. The Hall–Kier alpha value is -2.49. The molecule has 0 aliphatic carbocycles. The van der Waals surface area contributed by atoms with Crippen LogP contribution in [0.3, 0.4) is 0 Å². The summed E-state index contributed by atoms with van der Waals surface area (Å²) in [5.74, 6) is -0.258. The second kappa shape index (κ2) is 17.1. The monoisotopic (exact) mass is 623 g/mol. The van der Waals surface area contributed by atoms with Crippen LogP contribution in [0.2, 0.25) is 5.02 Å². The number of anilines is 1. The molecule has 0 aliphatic rings. The minimum Gasteiger partial charge on any atom is -0.385 e. The maximum absolute atomic E-state index is 13.1. The van der Waals surface area contributed by atoms with E-state index in [2.05, 4.69) is 58.6 Å². The first-order valence-electron chi connectivity index (χ1n) is 12.0. The van der Waals surface area contributed by atoms with Crippen LogP contribution >= 0.6 is 34.5 Å². The van der Waals surface area contributed by atoms with Gasteiger partial charge in [-0.2, -0.15) is 0 Å². The molecule has 8 heteroatoms. The molecule has 0 fully saturated rings. The van der Waals surface area contributed by atoms with Crippen LogP contribution in [0.25, 0.3) is 11.1 Å². The molecule has 6 nitrogen and oxygen atoms in total. The van der Waals surface area contributed by atoms with Crippen molar-refractivity contribution < 1.29 is 4.79 Å². The maximum atomic E-state index is 13.1. The summed E-state index contributed by atoms with van der Waals surface area (Å²) in [5.41, 5.74) is 5.70. The first kappa shape index (κ1) is 31.5. The molecule has 0 radical (unpaired) electrons. The van der Waals surface area contributed by atoms with Gasteiger partial charge in [-0.15, -0.1) is 0 Å². The van der Waals surface area contributed by atoms with Crippen molar-refractivity contribution in [1.29, 1.82) is 0 Å². The predicted molar refractivity (Wildman–Crippen MR) is 164 cm³/mol. The van der Waals surface area contributed by atoms with Crippen LogP contribution in [0, 0.1) is 0 Å². The molecule has 0 spiro atoms. The number of nitrogens with one attached hydrogen (secondary N) is 4. The van der Waals surface area contributed by atoms with Crippen LogP contribution < -0.4 is 25.2 Å². The largest absolute Gasteiger partial charge is 0.385 e. The van der Waals surface area contributed by atoms with E-state index in [9.17, 15) is 4.79 Å². The molecule has 0 heterocycles. The summed E-state index contributed by atoms with van der Waals surface area (Å²) in [6.45, 7) is 10.7. The first-order chi connectivity index (χ1) is 17.4. The molecular formula is C28H39ClIN5O. The van der Waals surface area contributed by atoms with E-state index < -0.39 is 0 Å². The molecule has 1 amide bonds. The highest BCUT2D eigenvalue weighted by molar-refractivity contribution is 14.1. The van der Waals surface area contributed by atoms with Gasteiger partial charge in [0.15, 0.2) is 0 Å². The summed E-state index contributed by atoms with van der Waals surface area (Å²) >= 11 is 7.96. The van der Waals surface area contributed by atoms with Crippen molar-refractivity contribution in [3.63, 3.8) is 0 Å². The number of carbonyl (C=O) groups excluding carboxylic acids is 1. The van der Waals surface area contributed by atoms with E-state index in [1.165, 1.54) is 5.57 Å². The summed E-state index contributed by atoms with van der Waals surface area (Å²) < 4.78 is 4.47. The number of hydrogen-bond donors (Lipinski definition) is 5. The number of amides is 1. The molecule has 1 unspecified atom stereocenters. The van der Waals surface area contributed by atoms with Crippen LogP contribution in [0.4, 0.5) is 5.69 Å². The first-order valence-corrected chi connectivity index (χ1v) is 13.6. The molecular weight excluding hydrogens is 585 g/mol. The summed E-state index contributed by atoms with van der Waals surface area (Å²) in [6, 6.07) is 15.4. The van der Waals surface area contributed by atoms with Crippen molar-refractivity contribution in [2.75, 3.05) is 19.4 Å². The Morgan fingerprint density at radius 1 is 1.00 bits per heavy atom. The SMILES string of the molecule is C=C(NC(C=C(CC)CC)CC)/C(NC)=C(/NC)C(=O)Nc1ccc(-c2ccccc2Cl)cc1.NI. The third-order valence-corrected chi connectivity index (χ3v) is 6.08. The lowest BCUT2D eigenvalue weighted by molar-refractivity contribution is -0.113. The summed E-state index contributed by atoms with van der Waals surface area (Å²) in [7, 11) is 3.51. The highest BCUT2D eigenvalue weighted by Crippen LogP contribution is 2.28. The lowest BCUT2D eigenvalue weighted by Gasteiger charge is -2.22. The Morgan fingerprint density at radius 3 is 2.08 bits per heavy atom. The van der Waals surface area contributed by atoms with Gasteiger partial charge in [-0.25, -0.2) is 0 Å². The van der Waals surface area contributed by atoms with Gasteiger partial charge in [0.1, 0.15) is 5.70 Å². The van der Waals surface area contributed by atoms with Crippen molar-refractivity contribution >= 4 is 46.1 Å². The fourth-order valence-electron chi connectivity index (χ4n) is 3.73. The van der Waals surface area contributed by atoms with Crippen molar-refractivity contribution in [3.05, 3.63) is 88.9 Å². The average molecular weight is 624 g/mol. The minimum absolute atomic E-state index is 0.143. The summed E-state index contributed by atoms with van der Waals surface area (Å²) in [5, 5.41) is 13.3. The topological polar surface area (TPSA) is 91.2 Å². The van der Waals surface area contributed by atoms with Crippen LogP contribution in [-0.2, 0) is 4.79 Å². The molecule has 2 aromatic rings. The Balaban J connectivity index is 0.00000316. The van der Waals surface area contributed by atoms with Gasteiger partial charge in [-0.1, -0.05) is 80.9 Å². The number of halogens is 2. The Labute approximate surface area is 235 Å². The highest BCUT2D eigenvalue weighted by atomic mass is 127. The molecule has 36 heavy (non-hydrogen) atoms. The van der Waals surface area contributed by atoms with Crippen molar-refractivity contribution in [2.45, 2.75) is 46.1 Å². The van der Waals surface area contributed by atoms with E-state index in [4.69, 9.17) is 11.6 Å². The molecule has 6 N–H and O–H groups in total. The minimum atomic E-state index is -0.258. The normalized spacial score (nSPS) is 11.7. The lowest BCUT2D eigenvalue weighted by Crippen LogP contribution is -2.34. The van der Waals surface area contributed by atoms with Crippen LogP contribution in [0.15, 0.2) is 83.9 Å². The second-order valence-corrected chi connectivity index (χ2v) is 8.34. The Morgan fingerprint density at radius 2 is 1.58 bits per heavy atom. The van der Waals surface area contributed by atoms with E-state index in [-0.39, 0.29) is 11.9 Å². The number of nitrogens with two attached hydrogens (primary N) is 1. The maximum Gasteiger partial charge on any atom is 0.273 e. The third-order valence-electron chi connectivity index (χ3n) is 5.75. The third kappa shape index (κ3) is 9.19. The zero-order chi connectivity index (χ0) is 27.1.